The van der Waals surface area contributed by atoms with Crippen molar-refractivity contribution in [2.24, 2.45) is 11.7 Å². The van der Waals surface area contributed by atoms with Crippen molar-refractivity contribution >= 4 is 5.91 Å². The molecule has 1 aromatic carbocycles. The average molecular weight is 290 g/mol. The number of carbonyl (C=O) groups excluding carboxylic acids is 1. The van der Waals surface area contributed by atoms with Gasteiger partial charge in [0.15, 0.2) is 0 Å². The Morgan fingerprint density at radius 2 is 2.38 bits per heavy atom. The van der Waals surface area contributed by atoms with Gasteiger partial charge in [-0.2, -0.15) is 0 Å². The van der Waals surface area contributed by atoms with Gasteiger partial charge in [-0.15, -0.1) is 0 Å². The van der Waals surface area contributed by atoms with Crippen molar-refractivity contribution in [2.75, 3.05) is 19.7 Å². The normalized spacial score (nSPS) is 20.7. The number of nitrogens with one attached hydrogen (secondary N) is 1. The van der Waals surface area contributed by atoms with Crippen LogP contribution in [0, 0.1) is 23.6 Å². The van der Waals surface area contributed by atoms with Gasteiger partial charge in [0.2, 0.25) is 0 Å². The van der Waals surface area contributed by atoms with Gasteiger partial charge in [-0.1, -0.05) is 11.8 Å². The molecule has 0 aliphatic carbocycles. The van der Waals surface area contributed by atoms with Crippen molar-refractivity contribution < 1.29 is 13.9 Å². The summed E-state index contributed by atoms with van der Waals surface area (Å²) in [7, 11) is 0. The molecule has 5 heteroatoms. The van der Waals surface area contributed by atoms with Crippen molar-refractivity contribution in [3.05, 3.63) is 35.1 Å². The van der Waals surface area contributed by atoms with Crippen molar-refractivity contribution in [2.45, 2.75) is 19.4 Å². The minimum atomic E-state index is -0.577. The number of rotatable bonds is 3. The third-order valence-electron chi connectivity index (χ3n) is 3.61. The monoisotopic (exact) mass is 290 g/mol. The first-order chi connectivity index (χ1) is 10.1. The molecule has 1 saturated heterocycles. The lowest BCUT2D eigenvalue weighted by molar-refractivity contribution is 0.0904. The Balaban J connectivity index is 1.99. The van der Waals surface area contributed by atoms with Crippen LogP contribution in [0.2, 0.25) is 0 Å². The standard InChI is InChI=1S/C16H19FN2O2/c1-11-13(6-8-21-11)10-19-16(20)14-5-4-12(3-2-7-18)9-15(14)17/h4-5,9,11,13H,6-8,10,18H2,1H3,(H,19,20). The van der Waals surface area contributed by atoms with Crippen LogP contribution in [-0.2, 0) is 4.74 Å². The topological polar surface area (TPSA) is 64.3 Å². The number of carbonyl (C=O) groups is 1. The van der Waals surface area contributed by atoms with Crippen LogP contribution in [0.5, 0.6) is 0 Å². The summed E-state index contributed by atoms with van der Waals surface area (Å²) < 4.78 is 19.4. The third kappa shape index (κ3) is 4.03. The third-order valence-corrected chi connectivity index (χ3v) is 3.61. The van der Waals surface area contributed by atoms with Crippen LogP contribution < -0.4 is 11.1 Å². The summed E-state index contributed by atoms with van der Waals surface area (Å²) in [6, 6.07) is 4.31. The minimum Gasteiger partial charge on any atom is -0.378 e. The van der Waals surface area contributed by atoms with Crippen LogP contribution >= 0.6 is 0 Å². The van der Waals surface area contributed by atoms with E-state index in [1.165, 1.54) is 12.1 Å². The van der Waals surface area contributed by atoms with E-state index in [4.69, 9.17) is 10.5 Å². The molecule has 1 fully saturated rings. The summed E-state index contributed by atoms with van der Waals surface area (Å²) in [6.45, 7) is 3.40. The highest BCUT2D eigenvalue weighted by molar-refractivity contribution is 5.94. The maximum Gasteiger partial charge on any atom is 0.254 e. The average Bonchev–Trinajstić information content (AvgIpc) is 2.88. The maximum absolute atomic E-state index is 13.9. The molecule has 0 bridgehead atoms. The summed E-state index contributed by atoms with van der Waals surface area (Å²) in [5.74, 6) is 4.67. The van der Waals surface area contributed by atoms with E-state index in [-0.39, 0.29) is 24.1 Å². The predicted octanol–water partition coefficient (Wildman–Crippen LogP) is 1.29. The fourth-order valence-electron chi connectivity index (χ4n) is 2.29. The Morgan fingerprint density at radius 1 is 1.57 bits per heavy atom. The van der Waals surface area contributed by atoms with E-state index in [1.807, 2.05) is 6.92 Å². The summed E-state index contributed by atoms with van der Waals surface area (Å²) in [5, 5.41) is 2.76. The molecule has 1 aromatic rings. The smallest absolute Gasteiger partial charge is 0.254 e. The summed E-state index contributed by atoms with van der Waals surface area (Å²) >= 11 is 0. The van der Waals surface area contributed by atoms with Crippen molar-refractivity contribution in [1.82, 2.24) is 5.32 Å². The minimum absolute atomic E-state index is 0.0277. The number of benzene rings is 1. The summed E-state index contributed by atoms with van der Waals surface area (Å²) in [6.07, 6.45) is 1.04. The van der Waals surface area contributed by atoms with Gasteiger partial charge < -0.3 is 15.8 Å². The van der Waals surface area contributed by atoms with Gasteiger partial charge in [-0.25, -0.2) is 4.39 Å². The van der Waals surface area contributed by atoms with Crippen LogP contribution in [0.3, 0.4) is 0 Å². The Labute approximate surface area is 123 Å². The molecule has 1 heterocycles. The zero-order valence-electron chi connectivity index (χ0n) is 12.0. The van der Waals surface area contributed by atoms with Gasteiger partial charge in [0.25, 0.3) is 5.91 Å². The van der Waals surface area contributed by atoms with E-state index in [1.54, 1.807) is 6.07 Å². The molecule has 21 heavy (non-hydrogen) atoms. The van der Waals surface area contributed by atoms with Gasteiger partial charge in [-0.3, -0.25) is 4.79 Å². The maximum atomic E-state index is 13.9. The molecule has 1 aliphatic rings. The summed E-state index contributed by atoms with van der Waals surface area (Å²) in [5.41, 5.74) is 5.80. The van der Waals surface area contributed by atoms with Gasteiger partial charge in [0.05, 0.1) is 18.2 Å². The lowest BCUT2D eigenvalue weighted by Crippen LogP contribution is -2.32. The highest BCUT2D eigenvalue weighted by atomic mass is 19.1. The first-order valence-corrected chi connectivity index (χ1v) is 7.00. The first-order valence-electron chi connectivity index (χ1n) is 7.00. The van der Waals surface area contributed by atoms with E-state index >= 15 is 0 Å². The molecule has 2 unspecified atom stereocenters. The van der Waals surface area contributed by atoms with Crippen molar-refractivity contribution in [1.29, 1.82) is 0 Å². The Hall–Kier alpha value is -1.90. The second kappa shape index (κ2) is 7.21. The number of hydrogen-bond donors (Lipinski definition) is 2. The first kappa shape index (κ1) is 15.5. The summed E-state index contributed by atoms with van der Waals surface area (Å²) in [4.78, 5) is 12.0. The van der Waals surface area contributed by atoms with Gasteiger partial charge >= 0.3 is 0 Å². The molecule has 3 N–H and O–H groups in total. The molecule has 0 saturated carbocycles. The van der Waals surface area contributed by atoms with E-state index in [9.17, 15) is 9.18 Å². The van der Waals surface area contributed by atoms with Crippen LogP contribution in [0.25, 0.3) is 0 Å². The molecule has 112 valence electrons. The molecule has 2 rings (SSSR count). The molecule has 2 atom stereocenters. The number of amides is 1. The Bertz CT molecular complexity index is 577. The SMILES string of the molecule is CC1OCCC1CNC(=O)c1ccc(C#CCN)cc1F. The van der Waals surface area contributed by atoms with Crippen LogP contribution in [0.15, 0.2) is 18.2 Å². The molecule has 1 aliphatic heterocycles. The molecule has 1 amide bonds. The number of hydrogen-bond acceptors (Lipinski definition) is 3. The van der Waals surface area contributed by atoms with E-state index in [0.29, 0.717) is 18.7 Å². The fraction of sp³-hybridized carbons (Fsp3) is 0.438. The number of halogens is 1. The van der Waals surface area contributed by atoms with Gasteiger partial charge in [-0.05, 0) is 31.5 Å². The Kier molecular flexibility index (Phi) is 5.32. The van der Waals surface area contributed by atoms with Crippen LogP contribution in [-0.4, -0.2) is 31.7 Å². The Morgan fingerprint density at radius 3 is 3.00 bits per heavy atom. The van der Waals surface area contributed by atoms with Gasteiger partial charge in [0.1, 0.15) is 5.82 Å². The second-order valence-electron chi connectivity index (χ2n) is 5.04. The van der Waals surface area contributed by atoms with E-state index in [0.717, 1.165) is 6.42 Å². The second-order valence-corrected chi connectivity index (χ2v) is 5.04. The van der Waals surface area contributed by atoms with Crippen LogP contribution in [0.4, 0.5) is 4.39 Å². The number of ether oxygens (including phenoxy) is 1. The predicted molar refractivity (Wildman–Crippen MR) is 78.2 cm³/mol. The lowest BCUT2D eigenvalue weighted by Gasteiger charge is -2.14. The lowest BCUT2D eigenvalue weighted by atomic mass is 10.0. The zero-order valence-corrected chi connectivity index (χ0v) is 12.0. The molecular weight excluding hydrogens is 271 g/mol. The molecule has 4 nitrogen and oxygen atoms in total. The molecule has 0 spiro atoms. The fourth-order valence-corrected chi connectivity index (χ4v) is 2.29. The van der Waals surface area contributed by atoms with Crippen molar-refractivity contribution in [3.8, 4) is 11.8 Å². The molecular formula is C16H19FN2O2. The van der Waals surface area contributed by atoms with Crippen molar-refractivity contribution in [3.63, 3.8) is 0 Å². The highest BCUT2D eigenvalue weighted by Crippen LogP contribution is 2.19. The number of nitrogens with two attached hydrogens (primary N) is 1. The quantitative estimate of drug-likeness (QED) is 0.825. The van der Waals surface area contributed by atoms with E-state index in [2.05, 4.69) is 17.2 Å². The largest absolute Gasteiger partial charge is 0.378 e. The highest BCUT2D eigenvalue weighted by Gasteiger charge is 2.24. The van der Waals surface area contributed by atoms with Gasteiger partial charge in [0, 0.05) is 24.6 Å². The van der Waals surface area contributed by atoms with E-state index < -0.39 is 11.7 Å². The zero-order chi connectivity index (χ0) is 15.2. The van der Waals surface area contributed by atoms with Crippen LogP contribution in [0.1, 0.15) is 29.3 Å². The molecule has 0 aromatic heterocycles. The molecule has 0 radical (unpaired) electrons.